The van der Waals surface area contributed by atoms with Gasteiger partial charge in [0.2, 0.25) is 5.91 Å². The van der Waals surface area contributed by atoms with Crippen molar-refractivity contribution >= 4 is 18.0 Å². The number of aliphatic carboxylic acids is 1. The zero-order valence-electron chi connectivity index (χ0n) is 20.5. The van der Waals surface area contributed by atoms with E-state index in [1.807, 2.05) is 31.2 Å². The Balaban J connectivity index is 1.35. The van der Waals surface area contributed by atoms with Crippen LogP contribution in [0.3, 0.4) is 0 Å². The third kappa shape index (κ3) is 5.34. The van der Waals surface area contributed by atoms with Gasteiger partial charge in [0.1, 0.15) is 12.1 Å². The first-order valence-electron chi connectivity index (χ1n) is 12.5. The standard InChI is InChI=1S/C28H34N2O5/c1-3-28(2,26(33)30-16-14-19(15-17-30)12-13-25(31)32)29-27(34)35-18-24-22-10-6-4-8-20(22)21-9-5-7-11-23(21)24/h4-11,19,24H,3,12-18H2,1-2H3,(H,29,34)(H,31,32). The van der Waals surface area contributed by atoms with E-state index in [-0.39, 0.29) is 24.9 Å². The Morgan fingerprint density at radius 2 is 1.60 bits per heavy atom. The summed E-state index contributed by atoms with van der Waals surface area (Å²) in [6.07, 6.45) is 2.21. The van der Waals surface area contributed by atoms with Gasteiger partial charge in [0.25, 0.3) is 0 Å². The molecule has 1 saturated heterocycles. The maximum absolute atomic E-state index is 13.3. The van der Waals surface area contributed by atoms with Crippen molar-refractivity contribution in [2.75, 3.05) is 19.7 Å². The van der Waals surface area contributed by atoms with Crippen molar-refractivity contribution in [3.63, 3.8) is 0 Å². The van der Waals surface area contributed by atoms with E-state index in [0.29, 0.717) is 31.8 Å². The fourth-order valence-electron chi connectivity index (χ4n) is 5.25. The summed E-state index contributed by atoms with van der Waals surface area (Å²) >= 11 is 0. The van der Waals surface area contributed by atoms with Crippen LogP contribution >= 0.6 is 0 Å². The zero-order chi connectivity index (χ0) is 25.0. The molecule has 0 radical (unpaired) electrons. The summed E-state index contributed by atoms with van der Waals surface area (Å²) in [5, 5.41) is 11.7. The van der Waals surface area contributed by atoms with E-state index >= 15 is 0 Å². The molecule has 2 aliphatic rings. The van der Waals surface area contributed by atoms with Gasteiger partial charge in [-0.1, -0.05) is 55.5 Å². The molecule has 1 aliphatic heterocycles. The van der Waals surface area contributed by atoms with Crippen LogP contribution in [0.5, 0.6) is 0 Å². The quantitative estimate of drug-likeness (QED) is 0.568. The highest BCUT2D eigenvalue weighted by atomic mass is 16.5. The van der Waals surface area contributed by atoms with Crippen molar-refractivity contribution in [3.05, 3.63) is 59.7 Å². The van der Waals surface area contributed by atoms with Crippen molar-refractivity contribution in [2.24, 2.45) is 5.92 Å². The van der Waals surface area contributed by atoms with Gasteiger partial charge in [-0.05, 0) is 60.8 Å². The second-order valence-electron chi connectivity index (χ2n) is 9.80. The molecular weight excluding hydrogens is 444 g/mol. The Kier molecular flexibility index (Phi) is 7.43. The van der Waals surface area contributed by atoms with Crippen LogP contribution in [-0.4, -0.2) is 53.2 Å². The van der Waals surface area contributed by atoms with Gasteiger partial charge in [0.05, 0.1) is 0 Å². The van der Waals surface area contributed by atoms with Gasteiger partial charge >= 0.3 is 12.1 Å². The van der Waals surface area contributed by atoms with Gasteiger partial charge in [0, 0.05) is 25.4 Å². The zero-order valence-corrected chi connectivity index (χ0v) is 20.5. The number of benzene rings is 2. The highest BCUT2D eigenvalue weighted by molar-refractivity contribution is 5.89. The molecule has 35 heavy (non-hydrogen) atoms. The molecule has 1 aliphatic carbocycles. The Morgan fingerprint density at radius 1 is 1.03 bits per heavy atom. The number of amides is 2. The first-order valence-corrected chi connectivity index (χ1v) is 12.5. The third-order valence-corrected chi connectivity index (χ3v) is 7.57. The van der Waals surface area contributed by atoms with Crippen molar-refractivity contribution in [3.8, 4) is 11.1 Å². The number of ether oxygens (including phenoxy) is 1. The average molecular weight is 479 g/mol. The summed E-state index contributed by atoms with van der Waals surface area (Å²) in [5.74, 6) is -0.626. The molecule has 0 saturated carbocycles. The molecule has 0 aromatic heterocycles. The summed E-state index contributed by atoms with van der Waals surface area (Å²) in [6.45, 7) is 4.97. The van der Waals surface area contributed by atoms with E-state index in [9.17, 15) is 14.4 Å². The van der Waals surface area contributed by atoms with E-state index in [1.165, 1.54) is 0 Å². The maximum atomic E-state index is 13.3. The predicted molar refractivity (Wildman–Crippen MR) is 133 cm³/mol. The van der Waals surface area contributed by atoms with Gasteiger partial charge in [-0.3, -0.25) is 9.59 Å². The maximum Gasteiger partial charge on any atom is 0.408 e. The number of piperidine rings is 1. The predicted octanol–water partition coefficient (Wildman–Crippen LogP) is 4.80. The van der Waals surface area contributed by atoms with E-state index in [1.54, 1.807) is 11.8 Å². The number of nitrogens with zero attached hydrogens (tertiary/aromatic N) is 1. The lowest BCUT2D eigenvalue weighted by Crippen LogP contribution is -2.58. The van der Waals surface area contributed by atoms with Crippen LogP contribution in [0.4, 0.5) is 4.79 Å². The molecule has 7 heteroatoms. The van der Waals surface area contributed by atoms with E-state index in [4.69, 9.17) is 9.84 Å². The van der Waals surface area contributed by atoms with Crippen molar-refractivity contribution in [1.29, 1.82) is 0 Å². The normalized spacial score (nSPS) is 17.3. The second-order valence-corrected chi connectivity index (χ2v) is 9.80. The minimum atomic E-state index is -1.06. The summed E-state index contributed by atoms with van der Waals surface area (Å²) in [5.41, 5.74) is 3.55. The molecule has 1 fully saturated rings. The highest BCUT2D eigenvalue weighted by Crippen LogP contribution is 2.44. The lowest BCUT2D eigenvalue weighted by molar-refractivity contribution is -0.140. The fourth-order valence-corrected chi connectivity index (χ4v) is 5.25. The highest BCUT2D eigenvalue weighted by Gasteiger charge is 2.39. The monoisotopic (exact) mass is 478 g/mol. The molecule has 2 amide bonds. The largest absolute Gasteiger partial charge is 0.481 e. The van der Waals surface area contributed by atoms with E-state index in [2.05, 4.69) is 29.6 Å². The molecule has 0 spiro atoms. The number of alkyl carbamates (subject to hydrolysis) is 1. The van der Waals surface area contributed by atoms with Crippen LogP contribution in [0.2, 0.25) is 0 Å². The number of carbonyl (C=O) groups excluding carboxylic acids is 2. The van der Waals surface area contributed by atoms with Crippen LogP contribution in [-0.2, 0) is 14.3 Å². The SMILES string of the molecule is CCC(C)(NC(=O)OCC1c2ccccc2-c2ccccc21)C(=O)N1CCC(CCC(=O)O)CC1. The number of carboxylic acid groups (broad SMARTS) is 1. The number of hydrogen-bond donors (Lipinski definition) is 2. The second kappa shape index (κ2) is 10.5. The van der Waals surface area contributed by atoms with Gasteiger partial charge in [0.15, 0.2) is 0 Å². The van der Waals surface area contributed by atoms with Crippen LogP contribution < -0.4 is 5.32 Å². The number of nitrogens with one attached hydrogen (secondary N) is 1. The summed E-state index contributed by atoms with van der Waals surface area (Å²) < 4.78 is 5.67. The number of likely N-dealkylation sites (tertiary alicyclic amines) is 1. The van der Waals surface area contributed by atoms with Gasteiger partial charge in [-0.25, -0.2) is 4.79 Å². The van der Waals surface area contributed by atoms with Gasteiger partial charge < -0.3 is 20.1 Å². The first-order chi connectivity index (χ1) is 16.8. The number of carbonyl (C=O) groups is 3. The smallest absolute Gasteiger partial charge is 0.408 e. The average Bonchev–Trinajstić information content (AvgIpc) is 3.19. The van der Waals surface area contributed by atoms with Crippen LogP contribution in [0, 0.1) is 5.92 Å². The Labute approximate surface area is 206 Å². The number of rotatable bonds is 8. The molecule has 4 rings (SSSR count). The minimum absolute atomic E-state index is 0.0402. The third-order valence-electron chi connectivity index (χ3n) is 7.57. The van der Waals surface area contributed by atoms with Crippen molar-refractivity contribution in [2.45, 2.75) is 57.4 Å². The number of carboxylic acids is 1. The fraction of sp³-hybridized carbons (Fsp3) is 0.464. The number of hydrogen-bond acceptors (Lipinski definition) is 4. The first kappa shape index (κ1) is 24.8. The molecule has 0 bridgehead atoms. The summed E-state index contributed by atoms with van der Waals surface area (Å²) in [6, 6.07) is 16.3. The summed E-state index contributed by atoms with van der Waals surface area (Å²) in [4.78, 5) is 38.7. The Hall–Kier alpha value is -3.35. The molecule has 2 aromatic rings. The topological polar surface area (TPSA) is 95.9 Å². The molecule has 1 unspecified atom stereocenters. The van der Waals surface area contributed by atoms with Crippen LogP contribution in [0.25, 0.3) is 11.1 Å². The molecule has 2 N–H and O–H groups in total. The lowest BCUT2D eigenvalue weighted by Gasteiger charge is -2.38. The molecule has 1 atom stereocenters. The number of fused-ring (bicyclic) bond motifs is 3. The van der Waals surface area contributed by atoms with Crippen LogP contribution in [0.15, 0.2) is 48.5 Å². The van der Waals surface area contributed by atoms with E-state index in [0.717, 1.165) is 35.1 Å². The minimum Gasteiger partial charge on any atom is -0.481 e. The van der Waals surface area contributed by atoms with E-state index < -0.39 is 17.6 Å². The molecular formula is C28H34N2O5. The lowest BCUT2D eigenvalue weighted by atomic mass is 9.90. The van der Waals surface area contributed by atoms with Crippen molar-refractivity contribution in [1.82, 2.24) is 10.2 Å². The van der Waals surface area contributed by atoms with Crippen LogP contribution in [0.1, 0.15) is 63.0 Å². The summed E-state index contributed by atoms with van der Waals surface area (Å²) in [7, 11) is 0. The van der Waals surface area contributed by atoms with Gasteiger partial charge in [-0.15, -0.1) is 0 Å². The Bertz CT molecular complexity index is 1050. The van der Waals surface area contributed by atoms with Gasteiger partial charge in [-0.2, -0.15) is 0 Å². The molecule has 2 aromatic carbocycles. The Morgan fingerprint density at radius 3 is 2.14 bits per heavy atom. The van der Waals surface area contributed by atoms with Crippen molar-refractivity contribution < 1.29 is 24.2 Å². The molecule has 7 nitrogen and oxygen atoms in total. The molecule has 186 valence electrons. The molecule has 1 heterocycles.